The van der Waals surface area contributed by atoms with E-state index in [0.717, 1.165) is 13.0 Å². The summed E-state index contributed by atoms with van der Waals surface area (Å²) in [6, 6.07) is 0. The van der Waals surface area contributed by atoms with Gasteiger partial charge in [-0.15, -0.1) is 0 Å². The first-order valence-electron chi connectivity index (χ1n) is 4.20. The van der Waals surface area contributed by atoms with E-state index >= 15 is 0 Å². The molecule has 1 rings (SSSR count). The van der Waals surface area contributed by atoms with Crippen LogP contribution in [0.5, 0.6) is 0 Å². The normalized spacial score (nSPS) is 12.4. The molecule has 1 atom stereocenters. The van der Waals surface area contributed by atoms with E-state index in [0.29, 0.717) is 16.7 Å². The predicted molar refractivity (Wildman–Crippen MR) is 59.1 cm³/mol. The summed E-state index contributed by atoms with van der Waals surface area (Å²) in [6.07, 6.45) is 5.62. The summed E-state index contributed by atoms with van der Waals surface area (Å²) < 4.78 is 10.7. The number of anilines is 1. The van der Waals surface area contributed by atoms with Crippen LogP contribution in [0.15, 0.2) is 12.4 Å². The fourth-order valence-electron chi connectivity index (χ4n) is 0.919. The molecule has 0 bridgehead atoms. The molecule has 0 aromatic carbocycles. The van der Waals surface area contributed by atoms with Crippen molar-refractivity contribution in [1.82, 2.24) is 9.97 Å². The molecule has 1 aromatic heterocycles. The third-order valence-electron chi connectivity index (χ3n) is 1.52. The standard InChI is InChI=1S/C8H12ClN3OS/c1-14(13)4-2-3-11-8-6-10-5-7(9)12-8/h5-6H,2-4H2,1H3,(H,11,12). The maximum absolute atomic E-state index is 10.7. The van der Waals surface area contributed by atoms with Gasteiger partial charge in [-0.25, -0.2) is 4.98 Å². The molecule has 1 unspecified atom stereocenters. The van der Waals surface area contributed by atoms with Crippen LogP contribution in [0, 0.1) is 0 Å². The van der Waals surface area contributed by atoms with Crippen LogP contribution < -0.4 is 5.32 Å². The van der Waals surface area contributed by atoms with E-state index in [2.05, 4.69) is 15.3 Å². The van der Waals surface area contributed by atoms with E-state index < -0.39 is 10.8 Å². The summed E-state index contributed by atoms with van der Waals surface area (Å²) >= 11 is 5.65. The minimum atomic E-state index is -0.730. The number of hydrogen-bond donors (Lipinski definition) is 1. The van der Waals surface area contributed by atoms with Gasteiger partial charge in [0, 0.05) is 29.4 Å². The highest BCUT2D eigenvalue weighted by Crippen LogP contribution is 2.06. The highest BCUT2D eigenvalue weighted by molar-refractivity contribution is 7.84. The highest BCUT2D eigenvalue weighted by atomic mass is 35.5. The number of hydrogen-bond acceptors (Lipinski definition) is 4. The van der Waals surface area contributed by atoms with Crippen molar-refractivity contribution in [3.05, 3.63) is 17.5 Å². The van der Waals surface area contributed by atoms with Crippen LogP contribution in [-0.2, 0) is 10.8 Å². The van der Waals surface area contributed by atoms with Gasteiger partial charge in [0.1, 0.15) is 11.0 Å². The predicted octanol–water partition coefficient (Wildman–Crippen LogP) is 1.31. The van der Waals surface area contributed by atoms with Crippen LogP contribution in [0.3, 0.4) is 0 Å². The van der Waals surface area contributed by atoms with Crippen LogP contribution in [0.25, 0.3) is 0 Å². The van der Waals surface area contributed by atoms with E-state index in [4.69, 9.17) is 11.6 Å². The van der Waals surface area contributed by atoms with Crippen molar-refractivity contribution in [2.75, 3.05) is 23.9 Å². The Labute approximate surface area is 90.6 Å². The summed E-state index contributed by atoms with van der Waals surface area (Å²) in [5, 5.41) is 3.42. The van der Waals surface area contributed by atoms with Crippen molar-refractivity contribution in [3.8, 4) is 0 Å². The molecule has 1 aromatic rings. The highest BCUT2D eigenvalue weighted by Gasteiger charge is 1.96. The average Bonchev–Trinajstić information content (AvgIpc) is 2.12. The molecule has 0 aliphatic rings. The first-order valence-corrected chi connectivity index (χ1v) is 6.30. The molecule has 0 saturated carbocycles. The molecule has 0 spiro atoms. The first-order chi connectivity index (χ1) is 6.68. The van der Waals surface area contributed by atoms with Crippen molar-refractivity contribution in [2.24, 2.45) is 0 Å². The van der Waals surface area contributed by atoms with Crippen LogP contribution in [-0.4, -0.2) is 32.7 Å². The van der Waals surface area contributed by atoms with Crippen LogP contribution in [0.1, 0.15) is 6.42 Å². The average molecular weight is 234 g/mol. The quantitative estimate of drug-likeness (QED) is 0.780. The Morgan fingerprint density at radius 3 is 3.00 bits per heavy atom. The lowest BCUT2D eigenvalue weighted by molar-refractivity contribution is 0.685. The van der Waals surface area contributed by atoms with E-state index in [1.54, 1.807) is 12.5 Å². The van der Waals surface area contributed by atoms with Crippen molar-refractivity contribution < 1.29 is 4.21 Å². The van der Waals surface area contributed by atoms with Crippen LogP contribution in [0.2, 0.25) is 5.15 Å². The zero-order valence-corrected chi connectivity index (χ0v) is 9.44. The lowest BCUT2D eigenvalue weighted by Crippen LogP contribution is -2.07. The van der Waals surface area contributed by atoms with Gasteiger partial charge in [-0.2, -0.15) is 0 Å². The summed E-state index contributed by atoms with van der Waals surface area (Å²) in [4.78, 5) is 7.89. The smallest absolute Gasteiger partial charge is 0.149 e. The minimum Gasteiger partial charge on any atom is -0.369 e. The Hall–Kier alpha value is -0.680. The molecule has 0 radical (unpaired) electrons. The number of halogens is 1. The molecule has 0 saturated heterocycles. The van der Waals surface area contributed by atoms with Crippen molar-refractivity contribution in [1.29, 1.82) is 0 Å². The monoisotopic (exact) mass is 233 g/mol. The van der Waals surface area contributed by atoms with Gasteiger partial charge in [0.2, 0.25) is 0 Å². The Bertz CT molecular complexity index is 321. The van der Waals surface area contributed by atoms with Crippen LogP contribution >= 0.6 is 11.6 Å². The molecule has 4 nitrogen and oxygen atoms in total. The molecular formula is C8H12ClN3OS. The topological polar surface area (TPSA) is 54.9 Å². The van der Waals surface area contributed by atoms with E-state index in [9.17, 15) is 4.21 Å². The molecule has 1 N–H and O–H groups in total. The van der Waals surface area contributed by atoms with Crippen molar-refractivity contribution in [3.63, 3.8) is 0 Å². The van der Waals surface area contributed by atoms with Gasteiger partial charge in [-0.05, 0) is 6.42 Å². The van der Waals surface area contributed by atoms with Gasteiger partial charge < -0.3 is 5.32 Å². The molecule has 0 amide bonds. The molecule has 0 fully saturated rings. The molecule has 14 heavy (non-hydrogen) atoms. The Kier molecular flexibility index (Phi) is 4.82. The number of rotatable bonds is 5. The molecule has 1 heterocycles. The van der Waals surface area contributed by atoms with E-state index in [-0.39, 0.29) is 0 Å². The third kappa shape index (κ3) is 4.53. The van der Waals surface area contributed by atoms with Gasteiger partial charge in [-0.1, -0.05) is 11.6 Å². The fourth-order valence-corrected chi connectivity index (χ4v) is 1.62. The molecule has 6 heteroatoms. The van der Waals surface area contributed by atoms with Gasteiger partial charge in [0.25, 0.3) is 0 Å². The van der Waals surface area contributed by atoms with E-state index in [1.165, 1.54) is 6.20 Å². The molecule has 0 aliphatic heterocycles. The maximum atomic E-state index is 10.7. The second-order valence-corrected chi connectivity index (χ2v) is 4.73. The van der Waals surface area contributed by atoms with Gasteiger partial charge in [0.15, 0.2) is 0 Å². The summed E-state index contributed by atoms with van der Waals surface area (Å²) in [5.41, 5.74) is 0. The SMILES string of the molecule is CS(=O)CCCNc1cncc(Cl)n1. The fraction of sp³-hybridized carbons (Fsp3) is 0.500. The maximum Gasteiger partial charge on any atom is 0.149 e. The zero-order valence-electron chi connectivity index (χ0n) is 7.86. The molecular weight excluding hydrogens is 222 g/mol. The number of nitrogens with zero attached hydrogens (tertiary/aromatic N) is 2. The van der Waals surface area contributed by atoms with E-state index in [1.807, 2.05) is 0 Å². The van der Waals surface area contributed by atoms with Gasteiger partial charge >= 0.3 is 0 Å². The number of nitrogens with one attached hydrogen (secondary N) is 1. The largest absolute Gasteiger partial charge is 0.369 e. The third-order valence-corrected chi connectivity index (χ3v) is 2.57. The van der Waals surface area contributed by atoms with Crippen molar-refractivity contribution >= 4 is 28.2 Å². The Morgan fingerprint density at radius 2 is 2.36 bits per heavy atom. The summed E-state index contributed by atoms with van der Waals surface area (Å²) in [7, 11) is -0.730. The second-order valence-electron chi connectivity index (χ2n) is 2.78. The Balaban J connectivity index is 2.28. The summed E-state index contributed by atoms with van der Waals surface area (Å²) in [5.74, 6) is 1.35. The number of aromatic nitrogens is 2. The second kappa shape index (κ2) is 5.93. The zero-order chi connectivity index (χ0) is 10.4. The minimum absolute atomic E-state index is 0.370. The summed E-state index contributed by atoms with van der Waals surface area (Å²) in [6.45, 7) is 0.731. The molecule has 78 valence electrons. The van der Waals surface area contributed by atoms with Gasteiger partial charge in [0.05, 0.1) is 12.4 Å². The Morgan fingerprint density at radius 1 is 1.57 bits per heavy atom. The lowest BCUT2D eigenvalue weighted by Gasteiger charge is -2.03. The molecule has 0 aliphatic carbocycles. The van der Waals surface area contributed by atoms with Gasteiger partial charge in [-0.3, -0.25) is 9.19 Å². The lowest BCUT2D eigenvalue weighted by atomic mass is 10.5. The first kappa shape index (κ1) is 11.4. The van der Waals surface area contributed by atoms with Crippen LogP contribution in [0.4, 0.5) is 5.82 Å². The van der Waals surface area contributed by atoms with Crippen molar-refractivity contribution in [2.45, 2.75) is 6.42 Å².